The van der Waals surface area contributed by atoms with Gasteiger partial charge in [-0.15, -0.1) is 0 Å². The zero-order valence-electron chi connectivity index (χ0n) is 8.65. The molecule has 0 aliphatic heterocycles. The molecule has 0 aliphatic rings. The quantitative estimate of drug-likeness (QED) is 0.898. The summed E-state index contributed by atoms with van der Waals surface area (Å²) in [5, 5.41) is 19.1. The van der Waals surface area contributed by atoms with Gasteiger partial charge in [0.05, 0.1) is 12.0 Å². The third-order valence-corrected chi connectivity index (χ3v) is 3.15. The number of hydrogen-bond donors (Lipinski definition) is 2. The Kier molecular flexibility index (Phi) is 4.77. The Labute approximate surface area is 107 Å². The summed E-state index contributed by atoms with van der Waals surface area (Å²) < 4.78 is 0.800. The number of aliphatic hydroxyl groups is 1. The van der Waals surface area contributed by atoms with Crippen LogP contribution in [0, 0.1) is 5.92 Å². The van der Waals surface area contributed by atoms with Gasteiger partial charge in [0.2, 0.25) is 0 Å². The lowest BCUT2D eigenvalue weighted by molar-refractivity contribution is -0.142. The fraction of sp³-hybridized carbons (Fsp3) is 0.364. The summed E-state index contributed by atoms with van der Waals surface area (Å²) in [6, 6.07) is 5.12. The van der Waals surface area contributed by atoms with Gasteiger partial charge in [-0.1, -0.05) is 34.5 Å². The Morgan fingerprint density at radius 3 is 2.75 bits per heavy atom. The molecule has 0 saturated heterocycles. The van der Waals surface area contributed by atoms with Crippen LogP contribution >= 0.6 is 27.5 Å². The van der Waals surface area contributed by atoms with E-state index in [2.05, 4.69) is 15.9 Å². The van der Waals surface area contributed by atoms with E-state index in [9.17, 15) is 9.90 Å². The van der Waals surface area contributed by atoms with E-state index in [0.29, 0.717) is 10.6 Å². The minimum absolute atomic E-state index is 0.144. The summed E-state index contributed by atoms with van der Waals surface area (Å²) >= 11 is 9.20. The molecule has 16 heavy (non-hydrogen) atoms. The van der Waals surface area contributed by atoms with Gasteiger partial charge in [0.15, 0.2) is 0 Å². The first-order chi connectivity index (χ1) is 7.41. The summed E-state index contributed by atoms with van der Waals surface area (Å²) in [6.07, 6.45) is -0.720. The summed E-state index contributed by atoms with van der Waals surface area (Å²) in [5.41, 5.74) is 0.546. The van der Waals surface area contributed by atoms with Crippen LogP contribution in [0.1, 0.15) is 25.0 Å². The molecule has 1 rings (SSSR count). The van der Waals surface area contributed by atoms with Crippen LogP contribution in [0.5, 0.6) is 0 Å². The van der Waals surface area contributed by atoms with E-state index in [4.69, 9.17) is 16.7 Å². The lowest BCUT2D eigenvalue weighted by atomic mass is 9.98. The molecule has 3 nitrogen and oxygen atoms in total. The molecule has 0 aliphatic carbocycles. The van der Waals surface area contributed by atoms with Crippen LogP contribution in [-0.4, -0.2) is 16.2 Å². The van der Waals surface area contributed by atoms with Crippen molar-refractivity contribution in [2.45, 2.75) is 19.4 Å². The number of aliphatic hydroxyl groups excluding tert-OH is 1. The van der Waals surface area contributed by atoms with Crippen LogP contribution < -0.4 is 0 Å². The Bertz CT molecular complexity index is 395. The highest BCUT2D eigenvalue weighted by atomic mass is 79.9. The highest BCUT2D eigenvalue weighted by Crippen LogP contribution is 2.30. The van der Waals surface area contributed by atoms with Gasteiger partial charge in [0.25, 0.3) is 0 Å². The highest BCUT2D eigenvalue weighted by molar-refractivity contribution is 9.10. The average Bonchev–Trinajstić information content (AvgIpc) is 2.21. The molecule has 1 aromatic carbocycles. The van der Waals surface area contributed by atoms with Crippen molar-refractivity contribution in [3.63, 3.8) is 0 Å². The van der Waals surface area contributed by atoms with Crippen molar-refractivity contribution >= 4 is 33.5 Å². The van der Waals surface area contributed by atoms with E-state index in [1.165, 1.54) is 0 Å². The highest BCUT2D eigenvalue weighted by Gasteiger charge is 2.19. The largest absolute Gasteiger partial charge is 0.481 e. The first kappa shape index (κ1) is 13.5. The number of aliphatic carboxylic acids is 1. The van der Waals surface area contributed by atoms with E-state index in [-0.39, 0.29) is 6.42 Å². The van der Waals surface area contributed by atoms with E-state index in [1.54, 1.807) is 25.1 Å². The summed E-state index contributed by atoms with van der Waals surface area (Å²) in [6.45, 7) is 1.55. The Morgan fingerprint density at radius 1 is 1.56 bits per heavy atom. The van der Waals surface area contributed by atoms with E-state index >= 15 is 0 Å². The molecule has 2 unspecified atom stereocenters. The maximum atomic E-state index is 10.7. The third kappa shape index (κ3) is 3.47. The molecule has 0 spiro atoms. The number of carbonyl (C=O) groups is 1. The Morgan fingerprint density at radius 2 is 2.19 bits per heavy atom. The van der Waals surface area contributed by atoms with Crippen molar-refractivity contribution in [3.8, 4) is 0 Å². The second-order valence-electron chi connectivity index (χ2n) is 3.66. The molecule has 0 saturated carbocycles. The molecule has 88 valence electrons. The van der Waals surface area contributed by atoms with Crippen molar-refractivity contribution in [3.05, 3.63) is 33.3 Å². The normalized spacial score (nSPS) is 14.5. The predicted molar refractivity (Wildman–Crippen MR) is 65.5 cm³/mol. The van der Waals surface area contributed by atoms with Gasteiger partial charge >= 0.3 is 5.97 Å². The van der Waals surface area contributed by atoms with Crippen molar-refractivity contribution in [2.24, 2.45) is 5.92 Å². The van der Waals surface area contributed by atoms with Gasteiger partial charge in [0.1, 0.15) is 0 Å². The molecule has 0 radical (unpaired) electrons. The predicted octanol–water partition coefficient (Wildman–Crippen LogP) is 3.25. The standard InChI is InChI=1S/C11H12BrClO3/c1-6(11(15)16)4-10(14)8-5-7(12)2-3-9(8)13/h2-3,5-6,10,14H,4H2,1H3,(H,15,16). The summed E-state index contributed by atoms with van der Waals surface area (Å²) in [7, 11) is 0. The first-order valence-corrected chi connectivity index (χ1v) is 5.94. The zero-order valence-corrected chi connectivity index (χ0v) is 11.0. The molecule has 0 bridgehead atoms. The Hall–Kier alpha value is -0.580. The fourth-order valence-electron chi connectivity index (χ4n) is 1.33. The van der Waals surface area contributed by atoms with Crippen LogP contribution in [0.3, 0.4) is 0 Å². The lowest BCUT2D eigenvalue weighted by Gasteiger charge is -2.15. The second-order valence-corrected chi connectivity index (χ2v) is 4.98. The first-order valence-electron chi connectivity index (χ1n) is 4.77. The van der Waals surface area contributed by atoms with Crippen LogP contribution in [0.4, 0.5) is 0 Å². The molecule has 5 heteroatoms. The smallest absolute Gasteiger partial charge is 0.306 e. The average molecular weight is 308 g/mol. The number of benzene rings is 1. The maximum absolute atomic E-state index is 10.7. The molecule has 0 fully saturated rings. The molecule has 0 amide bonds. The number of hydrogen-bond acceptors (Lipinski definition) is 2. The fourth-order valence-corrected chi connectivity index (χ4v) is 1.95. The topological polar surface area (TPSA) is 57.5 Å². The van der Waals surface area contributed by atoms with Crippen LogP contribution in [0.2, 0.25) is 5.02 Å². The molecule has 0 heterocycles. The van der Waals surface area contributed by atoms with Gasteiger partial charge < -0.3 is 10.2 Å². The monoisotopic (exact) mass is 306 g/mol. The third-order valence-electron chi connectivity index (χ3n) is 2.32. The Balaban J connectivity index is 2.83. The number of halogens is 2. The molecule has 2 N–H and O–H groups in total. The number of carboxylic acids is 1. The zero-order chi connectivity index (χ0) is 12.3. The minimum atomic E-state index is -0.926. The second kappa shape index (κ2) is 5.66. The van der Waals surface area contributed by atoms with Crippen molar-refractivity contribution in [1.29, 1.82) is 0 Å². The number of rotatable bonds is 4. The van der Waals surface area contributed by atoms with Crippen LogP contribution in [0.25, 0.3) is 0 Å². The van der Waals surface area contributed by atoms with E-state index < -0.39 is 18.0 Å². The van der Waals surface area contributed by atoms with Crippen molar-refractivity contribution in [2.75, 3.05) is 0 Å². The molecular formula is C11H12BrClO3. The van der Waals surface area contributed by atoms with Gasteiger partial charge in [-0.3, -0.25) is 4.79 Å². The van der Waals surface area contributed by atoms with Gasteiger partial charge in [-0.05, 0) is 24.6 Å². The molecule has 2 atom stereocenters. The van der Waals surface area contributed by atoms with Crippen LogP contribution in [0.15, 0.2) is 22.7 Å². The van der Waals surface area contributed by atoms with Gasteiger partial charge in [0, 0.05) is 15.1 Å². The number of carboxylic acid groups (broad SMARTS) is 1. The molecule has 1 aromatic rings. The van der Waals surface area contributed by atoms with E-state index in [1.807, 2.05) is 0 Å². The van der Waals surface area contributed by atoms with Crippen molar-refractivity contribution < 1.29 is 15.0 Å². The summed E-state index contributed by atoms with van der Waals surface area (Å²) in [5.74, 6) is -1.53. The van der Waals surface area contributed by atoms with E-state index in [0.717, 1.165) is 4.47 Å². The van der Waals surface area contributed by atoms with Gasteiger partial charge in [-0.2, -0.15) is 0 Å². The molecular weight excluding hydrogens is 295 g/mol. The summed E-state index contributed by atoms with van der Waals surface area (Å²) in [4.78, 5) is 10.7. The van der Waals surface area contributed by atoms with Crippen molar-refractivity contribution in [1.82, 2.24) is 0 Å². The maximum Gasteiger partial charge on any atom is 0.306 e. The SMILES string of the molecule is CC(CC(O)c1cc(Br)ccc1Cl)C(=O)O. The van der Waals surface area contributed by atoms with Gasteiger partial charge in [-0.25, -0.2) is 0 Å². The van der Waals surface area contributed by atoms with Crippen LogP contribution in [-0.2, 0) is 4.79 Å². The molecule has 0 aromatic heterocycles. The minimum Gasteiger partial charge on any atom is -0.481 e. The lowest BCUT2D eigenvalue weighted by Crippen LogP contribution is -2.13.